The van der Waals surface area contributed by atoms with E-state index in [1.807, 2.05) is 11.8 Å². The van der Waals surface area contributed by atoms with Gasteiger partial charge in [-0.05, 0) is 22.9 Å². The van der Waals surface area contributed by atoms with Crippen LogP contribution in [0.2, 0.25) is 0 Å². The normalized spacial score (nSPS) is 20.2. The molecule has 1 fully saturated rings. The van der Waals surface area contributed by atoms with Crippen molar-refractivity contribution in [3.8, 4) is 0 Å². The minimum absolute atomic E-state index is 0.117. The Morgan fingerprint density at radius 3 is 2.85 bits per heavy atom. The molecule has 112 valence electrons. The van der Waals surface area contributed by atoms with Crippen LogP contribution >= 0.6 is 15.9 Å². The van der Waals surface area contributed by atoms with Crippen molar-refractivity contribution in [3.63, 3.8) is 0 Å². The molecule has 1 saturated heterocycles. The summed E-state index contributed by atoms with van der Waals surface area (Å²) in [6.07, 6.45) is -3.17. The first-order valence-corrected chi connectivity index (χ1v) is 6.88. The quantitative estimate of drug-likeness (QED) is 0.871. The van der Waals surface area contributed by atoms with Crippen LogP contribution in [0, 0.1) is 0 Å². The van der Waals surface area contributed by atoms with Crippen LogP contribution in [0.1, 0.15) is 6.92 Å². The Bertz CT molecular complexity index is 545. The van der Waals surface area contributed by atoms with Gasteiger partial charge in [-0.3, -0.25) is 4.79 Å². The third-order valence-corrected chi connectivity index (χ3v) is 3.75. The molecule has 5 nitrogen and oxygen atoms in total. The average Bonchev–Trinajstić information content (AvgIpc) is 2.34. The number of anilines is 1. The Labute approximate surface area is 121 Å². The number of hydrogen-bond donors (Lipinski definition) is 1. The molecule has 1 aliphatic rings. The molecule has 0 unspecified atom stereocenters. The van der Waals surface area contributed by atoms with Gasteiger partial charge in [0.25, 0.3) is 5.56 Å². The minimum atomic E-state index is -4.47. The van der Waals surface area contributed by atoms with Crippen molar-refractivity contribution in [1.82, 2.24) is 15.1 Å². The summed E-state index contributed by atoms with van der Waals surface area (Å²) in [5.41, 5.74) is -0.243. The van der Waals surface area contributed by atoms with Gasteiger partial charge < -0.3 is 10.2 Å². The van der Waals surface area contributed by atoms with Crippen molar-refractivity contribution in [2.75, 3.05) is 24.5 Å². The molecule has 1 aromatic rings. The number of nitrogens with one attached hydrogen (secondary N) is 1. The Morgan fingerprint density at radius 2 is 2.25 bits per heavy atom. The molecule has 2 rings (SSSR count). The standard InChI is InChI=1S/C11H14BrF3N4O/c1-7-5-18(3-2-16-7)8-4-17-19(6-11(13,14)15)10(20)9(8)12/h4,7,16H,2-3,5-6H2,1H3/t7-/m1/s1. The second-order valence-corrected chi connectivity index (χ2v) is 5.52. The molecule has 2 heterocycles. The first-order valence-electron chi connectivity index (χ1n) is 6.08. The van der Waals surface area contributed by atoms with Gasteiger partial charge in [0.1, 0.15) is 11.0 Å². The van der Waals surface area contributed by atoms with E-state index in [4.69, 9.17) is 0 Å². The first-order chi connectivity index (χ1) is 9.28. The lowest BCUT2D eigenvalue weighted by Crippen LogP contribution is -2.49. The first kappa shape index (κ1) is 15.3. The summed E-state index contributed by atoms with van der Waals surface area (Å²) in [6.45, 7) is 2.70. The molecule has 0 amide bonds. The summed E-state index contributed by atoms with van der Waals surface area (Å²) in [6, 6.07) is 0.244. The Kier molecular flexibility index (Phi) is 4.38. The zero-order chi connectivity index (χ0) is 14.9. The van der Waals surface area contributed by atoms with Crippen molar-refractivity contribution in [2.45, 2.75) is 25.7 Å². The fourth-order valence-electron chi connectivity index (χ4n) is 2.11. The van der Waals surface area contributed by atoms with E-state index < -0.39 is 18.3 Å². The van der Waals surface area contributed by atoms with Gasteiger partial charge in [0.15, 0.2) is 0 Å². The highest BCUT2D eigenvalue weighted by Gasteiger charge is 2.30. The largest absolute Gasteiger partial charge is 0.408 e. The van der Waals surface area contributed by atoms with Crippen molar-refractivity contribution in [2.24, 2.45) is 0 Å². The lowest BCUT2D eigenvalue weighted by molar-refractivity contribution is -0.143. The molecule has 0 aromatic carbocycles. The third-order valence-electron chi connectivity index (χ3n) is 3.00. The molecule has 0 bridgehead atoms. The van der Waals surface area contributed by atoms with Crippen LogP contribution in [-0.2, 0) is 6.54 Å². The molecule has 0 saturated carbocycles. The molecule has 1 atom stereocenters. The van der Waals surface area contributed by atoms with Gasteiger partial charge in [-0.15, -0.1) is 0 Å². The van der Waals surface area contributed by atoms with Gasteiger partial charge in [0.2, 0.25) is 0 Å². The lowest BCUT2D eigenvalue weighted by Gasteiger charge is -2.33. The maximum absolute atomic E-state index is 12.3. The Balaban J connectivity index is 2.29. The topological polar surface area (TPSA) is 50.2 Å². The van der Waals surface area contributed by atoms with E-state index >= 15 is 0 Å². The number of rotatable bonds is 2. The van der Waals surface area contributed by atoms with E-state index in [2.05, 4.69) is 26.3 Å². The van der Waals surface area contributed by atoms with Gasteiger partial charge in [-0.2, -0.15) is 18.3 Å². The number of aromatic nitrogens is 2. The van der Waals surface area contributed by atoms with E-state index in [1.54, 1.807) is 0 Å². The second-order valence-electron chi connectivity index (χ2n) is 4.72. The molecule has 0 radical (unpaired) electrons. The van der Waals surface area contributed by atoms with Crippen molar-refractivity contribution < 1.29 is 13.2 Å². The summed E-state index contributed by atoms with van der Waals surface area (Å²) < 4.78 is 37.5. The van der Waals surface area contributed by atoms with Gasteiger partial charge >= 0.3 is 6.18 Å². The smallest absolute Gasteiger partial charge is 0.366 e. The van der Waals surface area contributed by atoms with Crippen LogP contribution in [0.5, 0.6) is 0 Å². The zero-order valence-electron chi connectivity index (χ0n) is 10.7. The molecular formula is C11H14BrF3N4O. The summed E-state index contributed by atoms with van der Waals surface area (Å²) in [7, 11) is 0. The summed E-state index contributed by atoms with van der Waals surface area (Å²) in [4.78, 5) is 13.8. The fraction of sp³-hybridized carbons (Fsp3) is 0.636. The molecule has 0 spiro atoms. The van der Waals surface area contributed by atoms with Crippen LogP contribution in [0.15, 0.2) is 15.5 Å². The molecule has 20 heavy (non-hydrogen) atoms. The van der Waals surface area contributed by atoms with E-state index in [0.717, 1.165) is 6.54 Å². The maximum Gasteiger partial charge on any atom is 0.408 e. The number of halogens is 4. The van der Waals surface area contributed by atoms with Crippen LogP contribution in [-0.4, -0.2) is 41.6 Å². The average molecular weight is 355 g/mol. The molecule has 1 N–H and O–H groups in total. The summed E-state index contributed by atoms with van der Waals surface area (Å²) in [5, 5.41) is 6.87. The maximum atomic E-state index is 12.3. The fourth-order valence-corrected chi connectivity index (χ4v) is 2.67. The molecule has 1 aliphatic heterocycles. The zero-order valence-corrected chi connectivity index (χ0v) is 12.3. The summed E-state index contributed by atoms with van der Waals surface area (Å²) in [5.74, 6) is 0. The summed E-state index contributed by atoms with van der Waals surface area (Å²) >= 11 is 3.09. The number of piperazine rings is 1. The molecule has 9 heteroatoms. The molecule has 1 aromatic heterocycles. The molecule has 0 aliphatic carbocycles. The van der Waals surface area contributed by atoms with Gasteiger partial charge in [-0.1, -0.05) is 0 Å². The predicted octanol–water partition coefficient (Wildman–Crippen LogP) is 1.37. The van der Waals surface area contributed by atoms with Crippen LogP contribution in [0.3, 0.4) is 0 Å². The Morgan fingerprint density at radius 1 is 1.55 bits per heavy atom. The van der Waals surface area contributed by atoms with Crippen molar-refractivity contribution in [1.29, 1.82) is 0 Å². The molecular weight excluding hydrogens is 341 g/mol. The monoisotopic (exact) mass is 354 g/mol. The minimum Gasteiger partial charge on any atom is -0.366 e. The van der Waals surface area contributed by atoms with Gasteiger partial charge in [-0.25, -0.2) is 4.68 Å². The highest BCUT2D eigenvalue weighted by molar-refractivity contribution is 9.10. The highest BCUT2D eigenvalue weighted by atomic mass is 79.9. The van der Waals surface area contributed by atoms with Crippen LogP contribution in [0.25, 0.3) is 0 Å². The van der Waals surface area contributed by atoms with E-state index in [-0.39, 0.29) is 10.5 Å². The Hall–Kier alpha value is -1.09. The highest BCUT2D eigenvalue weighted by Crippen LogP contribution is 2.23. The number of nitrogens with zero attached hydrogens (tertiary/aromatic N) is 3. The third kappa shape index (κ3) is 3.51. The van der Waals surface area contributed by atoms with Gasteiger partial charge in [0.05, 0.1) is 11.9 Å². The van der Waals surface area contributed by atoms with Crippen LogP contribution < -0.4 is 15.8 Å². The van der Waals surface area contributed by atoms with E-state index in [9.17, 15) is 18.0 Å². The number of alkyl halides is 3. The second kappa shape index (κ2) is 5.72. The van der Waals surface area contributed by atoms with Crippen molar-refractivity contribution in [3.05, 3.63) is 21.0 Å². The van der Waals surface area contributed by atoms with E-state index in [1.165, 1.54) is 6.20 Å². The predicted molar refractivity (Wildman–Crippen MR) is 71.9 cm³/mol. The number of hydrogen-bond acceptors (Lipinski definition) is 4. The van der Waals surface area contributed by atoms with Crippen LogP contribution in [0.4, 0.5) is 18.9 Å². The van der Waals surface area contributed by atoms with Crippen molar-refractivity contribution >= 4 is 21.6 Å². The SMILES string of the molecule is C[C@@H]1CN(c2cnn(CC(F)(F)F)c(=O)c2Br)CCN1. The van der Waals surface area contributed by atoms with Gasteiger partial charge in [0, 0.05) is 25.7 Å². The lowest BCUT2D eigenvalue weighted by atomic mass is 10.2. The van der Waals surface area contributed by atoms with E-state index in [0.29, 0.717) is 23.5 Å².